The molecule has 1 amide bonds. The molecule has 0 spiro atoms. The molecule has 22 heavy (non-hydrogen) atoms. The van der Waals surface area contributed by atoms with Crippen molar-refractivity contribution in [3.63, 3.8) is 0 Å². The van der Waals surface area contributed by atoms with Gasteiger partial charge < -0.3 is 0 Å². The third kappa shape index (κ3) is 4.12. The second kappa shape index (κ2) is 7.30. The fourth-order valence-electron chi connectivity index (χ4n) is 2.49. The van der Waals surface area contributed by atoms with Crippen molar-refractivity contribution in [2.45, 2.75) is 25.8 Å². The van der Waals surface area contributed by atoms with Gasteiger partial charge in [-0.1, -0.05) is 6.42 Å². The normalized spacial score (nSPS) is 15.7. The molecule has 5 nitrogen and oxygen atoms in total. The molecule has 0 bridgehead atoms. The molecule has 1 fully saturated rings. The first kappa shape index (κ1) is 15.6. The number of thiazole rings is 1. The van der Waals surface area contributed by atoms with Crippen molar-refractivity contribution in [2.24, 2.45) is 0 Å². The summed E-state index contributed by atoms with van der Waals surface area (Å²) in [5.41, 5.74) is 1.54. The van der Waals surface area contributed by atoms with Gasteiger partial charge in [0.25, 0.3) is 5.91 Å². The summed E-state index contributed by atoms with van der Waals surface area (Å²) in [6.07, 6.45) is 7.06. The number of carbonyl (C=O) groups excluding carboxylic acids is 1. The lowest BCUT2D eigenvalue weighted by Crippen LogP contribution is -2.29. The van der Waals surface area contributed by atoms with E-state index in [0.717, 1.165) is 29.8 Å². The first-order chi connectivity index (χ1) is 10.7. The number of hydrogen-bond donors (Lipinski definition) is 1. The van der Waals surface area contributed by atoms with Gasteiger partial charge in [-0.15, -0.1) is 11.3 Å². The maximum absolute atomic E-state index is 12.1. The number of rotatable bonds is 4. The minimum absolute atomic E-state index is 0.187. The average Bonchev–Trinajstić information content (AvgIpc) is 2.95. The summed E-state index contributed by atoms with van der Waals surface area (Å²) >= 11 is 4.78. The van der Waals surface area contributed by atoms with E-state index in [-0.39, 0.29) is 5.91 Å². The zero-order chi connectivity index (χ0) is 15.4. The summed E-state index contributed by atoms with van der Waals surface area (Å²) in [4.78, 5) is 23.1. The lowest BCUT2D eigenvalue weighted by Gasteiger charge is -2.25. The van der Waals surface area contributed by atoms with Crippen LogP contribution in [0.1, 0.15) is 35.3 Å². The highest BCUT2D eigenvalue weighted by molar-refractivity contribution is 9.10. The van der Waals surface area contributed by atoms with Gasteiger partial charge in [-0.25, -0.2) is 4.98 Å². The number of carbonyl (C=O) groups is 1. The van der Waals surface area contributed by atoms with Crippen LogP contribution in [0.2, 0.25) is 0 Å². The topological polar surface area (TPSA) is 58.1 Å². The van der Waals surface area contributed by atoms with Crippen molar-refractivity contribution in [1.29, 1.82) is 0 Å². The minimum Gasteiger partial charge on any atom is -0.298 e. The van der Waals surface area contributed by atoms with Crippen LogP contribution in [0.5, 0.6) is 0 Å². The standard InChI is InChI=1S/C15H17BrN4OS/c16-12-6-11(7-17-8-12)14(21)19-15-18-13(10-22-15)9-20-4-2-1-3-5-20/h6-8,10H,1-5,9H2,(H,18,19,21). The molecule has 1 N–H and O–H groups in total. The number of nitrogens with one attached hydrogen (secondary N) is 1. The summed E-state index contributed by atoms with van der Waals surface area (Å²) in [6.45, 7) is 3.15. The number of aromatic nitrogens is 2. The van der Waals surface area contributed by atoms with Gasteiger partial charge in [0, 0.05) is 28.8 Å². The number of nitrogens with zero attached hydrogens (tertiary/aromatic N) is 3. The Labute approximate surface area is 141 Å². The van der Waals surface area contributed by atoms with Crippen molar-refractivity contribution in [2.75, 3.05) is 18.4 Å². The Morgan fingerprint density at radius 2 is 2.14 bits per heavy atom. The summed E-state index contributed by atoms with van der Waals surface area (Å²) in [5.74, 6) is -0.187. The molecule has 0 aliphatic carbocycles. The van der Waals surface area contributed by atoms with Gasteiger partial charge in [-0.2, -0.15) is 0 Å². The van der Waals surface area contributed by atoms with Crippen LogP contribution in [0, 0.1) is 0 Å². The van der Waals surface area contributed by atoms with E-state index in [1.54, 1.807) is 18.5 Å². The Kier molecular flexibility index (Phi) is 5.17. The average molecular weight is 381 g/mol. The Balaban J connectivity index is 1.60. The molecule has 1 saturated heterocycles. The Morgan fingerprint density at radius 1 is 1.32 bits per heavy atom. The van der Waals surface area contributed by atoms with Crippen LogP contribution in [-0.2, 0) is 6.54 Å². The van der Waals surface area contributed by atoms with Crippen LogP contribution in [0.25, 0.3) is 0 Å². The summed E-state index contributed by atoms with van der Waals surface area (Å²) in [6, 6.07) is 1.74. The van der Waals surface area contributed by atoms with Gasteiger partial charge in [-0.3, -0.25) is 20.0 Å². The highest BCUT2D eigenvalue weighted by atomic mass is 79.9. The molecule has 2 aromatic heterocycles. The van der Waals surface area contributed by atoms with Crippen molar-refractivity contribution < 1.29 is 4.79 Å². The fourth-order valence-corrected chi connectivity index (χ4v) is 3.55. The van der Waals surface area contributed by atoms with Gasteiger partial charge in [0.05, 0.1) is 11.3 Å². The van der Waals surface area contributed by atoms with Crippen molar-refractivity contribution >= 4 is 38.3 Å². The van der Waals surface area contributed by atoms with Gasteiger partial charge in [-0.05, 0) is 47.9 Å². The molecule has 1 aliphatic rings. The Morgan fingerprint density at radius 3 is 2.91 bits per heavy atom. The predicted octanol–water partition coefficient (Wildman–Crippen LogP) is 3.54. The first-order valence-corrected chi connectivity index (χ1v) is 8.96. The highest BCUT2D eigenvalue weighted by Crippen LogP contribution is 2.20. The Bertz CT molecular complexity index is 654. The molecule has 116 valence electrons. The molecule has 2 aromatic rings. The maximum Gasteiger partial charge on any atom is 0.259 e. The molecular weight excluding hydrogens is 364 g/mol. The van der Waals surface area contributed by atoms with E-state index < -0.39 is 0 Å². The lowest BCUT2D eigenvalue weighted by molar-refractivity contribution is 0.102. The van der Waals surface area contributed by atoms with Crippen LogP contribution in [0.3, 0.4) is 0 Å². The molecule has 0 atom stereocenters. The van der Waals surface area contributed by atoms with E-state index >= 15 is 0 Å². The third-order valence-electron chi connectivity index (χ3n) is 3.57. The number of piperidine rings is 1. The van der Waals surface area contributed by atoms with Crippen LogP contribution >= 0.6 is 27.3 Å². The third-order valence-corrected chi connectivity index (χ3v) is 4.81. The molecule has 0 aromatic carbocycles. The van der Waals surface area contributed by atoms with Crippen LogP contribution < -0.4 is 5.32 Å². The fraction of sp³-hybridized carbons (Fsp3) is 0.400. The van der Waals surface area contributed by atoms with Gasteiger partial charge >= 0.3 is 0 Å². The number of anilines is 1. The molecule has 1 aliphatic heterocycles. The SMILES string of the molecule is O=C(Nc1nc(CN2CCCCC2)cs1)c1cncc(Br)c1. The Hall–Kier alpha value is -1.31. The van der Waals surface area contributed by atoms with Crippen molar-refractivity contribution in [3.05, 3.63) is 39.6 Å². The first-order valence-electron chi connectivity index (χ1n) is 7.29. The predicted molar refractivity (Wildman–Crippen MR) is 91.1 cm³/mol. The number of hydrogen-bond acceptors (Lipinski definition) is 5. The van der Waals surface area contributed by atoms with E-state index in [1.165, 1.54) is 30.6 Å². The van der Waals surface area contributed by atoms with Gasteiger partial charge in [0.2, 0.25) is 0 Å². The van der Waals surface area contributed by atoms with E-state index in [0.29, 0.717) is 10.7 Å². The summed E-state index contributed by atoms with van der Waals surface area (Å²) < 4.78 is 0.782. The number of likely N-dealkylation sites (tertiary alicyclic amines) is 1. The zero-order valence-electron chi connectivity index (χ0n) is 12.1. The van der Waals surface area contributed by atoms with Gasteiger partial charge in [0.15, 0.2) is 5.13 Å². The molecule has 3 heterocycles. The number of pyridine rings is 1. The summed E-state index contributed by atoms with van der Waals surface area (Å²) in [7, 11) is 0. The number of halogens is 1. The molecule has 0 unspecified atom stereocenters. The van der Waals surface area contributed by atoms with Crippen LogP contribution in [0.4, 0.5) is 5.13 Å². The molecule has 3 rings (SSSR count). The molecule has 7 heteroatoms. The van der Waals surface area contributed by atoms with Crippen LogP contribution in [-0.4, -0.2) is 33.9 Å². The van der Waals surface area contributed by atoms with E-state index in [9.17, 15) is 4.79 Å². The molecule has 0 radical (unpaired) electrons. The van der Waals surface area contributed by atoms with E-state index in [4.69, 9.17) is 0 Å². The maximum atomic E-state index is 12.1. The quantitative estimate of drug-likeness (QED) is 0.880. The van der Waals surface area contributed by atoms with Crippen LogP contribution in [0.15, 0.2) is 28.3 Å². The number of amides is 1. The smallest absolute Gasteiger partial charge is 0.259 e. The van der Waals surface area contributed by atoms with Gasteiger partial charge in [0.1, 0.15) is 0 Å². The zero-order valence-corrected chi connectivity index (χ0v) is 14.5. The highest BCUT2D eigenvalue weighted by Gasteiger charge is 2.14. The minimum atomic E-state index is -0.187. The largest absolute Gasteiger partial charge is 0.298 e. The second-order valence-electron chi connectivity index (χ2n) is 5.33. The van der Waals surface area contributed by atoms with Crippen molar-refractivity contribution in [1.82, 2.24) is 14.9 Å². The van der Waals surface area contributed by atoms with E-state index in [2.05, 4.69) is 36.1 Å². The van der Waals surface area contributed by atoms with Crippen molar-refractivity contribution in [3.8, 4) is 0 Å². The second-order valence-corrected chi connectivity index (χ2v) is 7.10. The monoisotopic (exact) mass is 380 g/mol. The van der Waals surface area contributed by atoms with E-state index in [1.807, 2.05) is 5.38 Å². The molecule has 0 saturated carbocycles. The molecular formula is C15H17BrN4OS. The summed E-state index contributed by atoms with van der Waals surface area (Å²) in [5, 5.41) is 5.49. The lowest BCUT2D eigenvalue weighted by atomic mass is 10.1.